The van der Waals surface area contributed by atoms with Crippen molar-refractivity contribution in [1.29, 1.82) is 0 Å². The number of hydrogen-bond donors (Lipinski definition) is 2. The van der Waals surface area contributed by atoms with Gasteiger partial charge in [-0.25, -0.2) is 9.37 Å². The molecule has 8 heteroatoms. The summed E-state index contributed by atoms with van der Waals surface area (Å²) < 4.78 is 18.2. The van der Waals surface area contributed by atoms with Crippen LogP contribution in [-0.2, 0) is 0 Å². The third kappa shape index (κ3) is 3.63. The Bertz CT molecular complexity index is 1100. The minimum absolute atomic E-state index is 0.307. The Labute approximate surface area is 164 Å². The topological polar surface area (TPSA) is 79.9 Å². The molecule has 0 bridgehead atoms. The number of nitrogens with zero attached hydrogens (tertiary/aromatic N) is 2. The molecule has 1 amide bonds. The average Bonchev–Trinajstić information content (AvgIpc) is 3.38. The van der Waals surface area contributed by atoms with Crippen LogP contribution < -0.4 is 10.1 Å². The molecule has 4 rings (SSSR count). The summed E-state index contributed by atoms with van der Waals surface area (Å²) in [6.07, 6.45) is 1.48. The van der Waals surface area contributed by atoms with Crippen molar-refractivity contribution >= 4 is 22.4 Å². The van der Waals surface area contributed by atoms with E-state index in [4.69, 9.17) is 4.74 Å². The Balaban J connectivity index is 1.53. The van der Waals surface area contributed by atoms with Gasteiger partial charge in [-0.1, -0.05) is 0 Å². The Morgan fingerprint density at radius 1 is 1.11 bits per heavy atom. The van der Waals surface area contributed by atoms with E-state index in [1.165, 1.54) is 29.7 Å². The molecule has 2 N–H and O–H groups in total. The molecule has 28 heavy (non-hydrogen) atoms. The summed E-state index contributed by atoms with van der Waals surface area (Å²) in [5.74, 6) is 0.100. The molecule has 2 heterocycles. The molecule has 0 saturated heterocycles. The fourth-order valence-electron chi connectivity index (χ4n) is 2.68. The summed E-state index contributed by atoms with van der Waals surface area (Å²) in [5, 5.41) is 11.9. The number of aromatic amines is 1. The van der Waals surface area contributed by atoms with Crippen molar-refractivity contribution in [3.05, 3.63) is 71.5 Å². The van der Waals surface area contributed by atoms with Crippen molar-refractivity contribution in [2.45, 2.75) is 0 Å². The summed E-state index contributed by atoms with van der Waals surface area (Å²) >= 11 is 1.30. The predicted octanol–water partition coefficient (Wildman–Crippen LogP) is 4.60. The van der Waals surface area contributed by atoms with Crippen LogP contribution in [0.2, 0.25) is 0 Å². The van der Waals surface area contributed by atoms with Gasteiger partial charge in [0.25, 0.3) is 5.91 Å². The van der Waals surface area contributed by atoms with Gasteiger partial charge in [0.1, 0.15) is 11.6 Å². The molecule has 0 unspecified atom stereocenters. The second-order valence-corrected chi connectivity index (χ2v) is 6.74. The maximum absolute atomic E-state index is 13.1. The third-order valence-corrected chi connectivity index (χ3v) is 4.89. The van der Waals surface area contributed by atoms with E-state index in [1.54, 1.807) is 19.2 Å². The lowest BCUT2D eigenvalue weighted by molar-refractivity contribution is 0.102. The highest BCUT2D eigenvalue weighted by Gasteiger charge is 2.17. The molecule has 0 radical (unpaired) electrons. The molecule has 0 aliphatic heterocycles. The van der Waals surface area contributed by atoms with Gasteiger partial charge in [-0.15, -0.1) is 11.3 Å². The zero-order valence-corrected chi connectivity index (χ0v) is 15.6. The van der Waals surface area contributed by atoms with Crippen LogP contribution in [0.1, 0.15) is 10.4 Å². The van der Waals surface area contributed by atoms with Crippen molar-refractivity contribution in [2.75, 3.05) is 12.4 Å². The number of halogens is 1. The summed E-state index contributed by atoms with van der Waals surface area (Å²) in [6, 6.07) is 13.4. The van der Waals surface area contributed by atoms with E-state index >= 15 is 0 Å². The molecule has 0 fully saturated rings. The predicted molar refractivity (Wildman–Crippen MR) is 106 cm³/mol. The summed E-state index contributed by atoms with van der Waals surface area (Å²) in [5.41, 5.74) is 3.28. The van der Waals surface area contributed by atoms with Gasteiger partial charge < -0.3 is 4.74 Å². The minimum Gasteiger partial charge on any atom is -0.497 e. The monoisotopic (exact) mass is 394 g/mol. The number of thiazole rings is 1. The Morgan fingerprint density at radius 3 is 2.54 bits per heavy atom. The number of amides is 1. The SMILES string of the molecule is COc1ccc(-c2[nH]ncc2C(=O)Nc2nc(-c3ccc(F)cc3)cs2)cc1. The fourth-order valence-corrected chi connectivity index (χ4v) is 3.40. The van der Waals surface area contributed by atoms with Gasteiger partial charge in [-0.05, 0) is 48.5 Å². The van der Waals surface area contributed by atoms with E-state index in [2.05, 4.69) is 20.5 Å². The lowest BCUT2D eigenvalue weighted by Gasteiger charge is -2.05. The second-order valence-electron chi connectivity index (χ2n) is 5.89. The molecule has 0 spiro atoms. The van der Waals surface area contributed by atoms with Gasteiger partial charge in [-0.2, -0.15) is 5.10 Å². The molecule has 0 atom stereocenters. The van der Waals surface area contributed by atoms with Crippen LogP contribution in [0, 0.1) is 5.82 Å². The average molecular weight is 394 g/mol. The van der Waals surface area contributed by atoms with Crippen LogP contribution in [-0.4, -0.2) is 28.2 Å². The first-order chi connectivity index (χ1) is 13.6. The molecule has 0 aliphatic rings. The highest BCUT2D eigenvalue weighted by molar-refractivity contribution is 7.14. The van der Waals surface area contributed by atoms with Crippen LogP contribution in [0.3, 0.4) is 0 Å². The van der Waals surface area contributed by atoms with Gasteiger partial charge in [0.05, 0.1) is 30.3 Å². The first-order valence-electron chi connectivity index (χ1n) is 8.34. The Morgan fingerprint density at radius 2 is 1.82 bits per heavy atom. The van der Waals surface area contributed by atoms with Gasteiger partial charge in [0, 0.05) is 16.5 Å². The molecule has 2 aromatic carbocycles. The minimum atomic E-state index is -0.320. The van der Waals surface area contributed by atoms with E-state index in [0.29, 0.717) is 22.1 Å². The zero-order chi connectivity index (χ0) is 19.5. The van der Waals surface area contributed by atoms with Gasteiger partial charge in [-0.3, -0.25) is 15.2 Å². The van der Waals surface area contributed by atoms with Gasteiger partial charge in [0.2, 0.25) is 0 Å². The Hall–Kier alpha value is -3.52. The Kier molecular flexibility index (Phi) is 4.86. The van der Waals surface area contributed by atoms with E-state index in [1.807, 2.05) is 29.6 Å². The number of nitrogens with one attached hydrogen (secondary N) is 2. The highest BCUT2D eigenvalue weighted by Crippen LogP contribution is 2.27. The summed E-state index contributed by atoms with van der Waals surface area (Å²) in [7, 11) is 1.60. The lowest BCUT2D eigenvalue weighted by Crippen LogP contribution is -2.12. The molecular formula is C20H15FN4O2S. The fraction of sp³-hybridized carbons (Fsp3) is 0.0500. The molecule has 0 aliphatic carbocycles. The normalized spacial score (nSPS) is 10.6. The van der Waals surface area contributed by atoms with E-state index in [0.717, 1.165) is 16.9 Å². The summed E-state index contributed by atoms with van der Waals surface area (Å²) in [4.78, 5) is 17.1. The molecule has 4 aromatic rings. The van der Waals surface area contributed by atoms with Crippen LogP contribution in [0.15, 0.2) is 60.1 Å². The number of methoxy groups -OCH3 is 1. The molecule has 140 valence electrons. The van der Waals surface area contributed by atoms with Crippen molar-refractivity contribution < 1.29 is 13.9 Å². The van der Waals surface area contributed by atoms with Crippen molar-refractivity contribution in [3.63, 3.8) is 0 Å². The van der Waals surface area contributed by atoms with Crippen molar-refractivity contribution in [2.24, 2.45) is 0 Å². The van der Waals surface area contributed by atoms with E-state index < -0.39 is 0 Å². The number of aromatic nitrogens is 3. The smallest absolute Gasteiger partial charge is 0.261 e. The van der Waals surface area contributed by atoms with Gasteiger partial charge >= 0.3 is 0 Å². The largest absolute Gasteiger partial charge is 0.497 e. The number of hydrogen-bond acceptors (Lipinski definition) is 5. The summed E-state index contributed by atoms with van der Waals surface area (Å²) in [6.45, 7) is 0. The van der Waals surface area contributed by atoms with E-state index in [-0.39, 0.29) is 11.7 Å². The molecular weight excluding hydrogens is 379 g/mol. The molecule has 6 nitrogen and oxygen atoms in total. The van der Waals surface area contributed by atoms with Crippen LogP contribution in [0.25, 0.3) is 22.5 Å². The third-order valence-electron chi connectivity index (χ3n) is 4.13. The molecule has 2 aromatic heterocycles. The maximum atomic E-state index is 13.1. The number of H-pyrrole nitrogens is 1. The zero-order valence-electron chi connectivity index (χ0n) is 14.8. The quantitative estimate of drug-likeness (QED) is 0.518. The van der Waals surface area contributed by atoms with Crippen LogP contribution in [0.4, 0.5) is 9.52 Å². The number of ether oxygens (including phenoxy) is 1. The standard InChI is InChI=1S/C20H15FN4O2S/c1-27-15-8-4-13(5-9-15)18-16(10-22-25-18)19(26)24-20-23-17(11-28-20)12-2-6-14(21)7-3-12/h2-11H,1H3,(H,22,25)(H,23,24,26). The number of carbonyl (C=O) groups is 1. The van der Waals surface area contributed by atoms with Crippen LogP contribution >= 0.6 is 11.3 Å². The maximum Gasteiger partial charge on any atom is 0.261 e. The number of carbonyl (C=O) groups excluding carboxylic acids is 1. The number of anilines is 1. The van der Waals surface area contributed by atoms with Crippen molar-refractivity contribution in [3.8, 4) is 28.3 Å². The highest BCUT2D eigenvalue weighted by atomic mass is 32.1. The second kappa shape index (κ2) is 7.61. The van der Waals surface area contributed by atoms with Crippen LogP contribution in [0.5, 0.6) is 5.75 Å². The number of rotatable bonds is 5. The van der Waals surface area contributed by atoms with Gasteiger partial charge in [0.15, 0.2) is 5.13 Å². The first-order valence-corrected chi connectivity index (χ1v) is 9.22. The molecule has 0 saturated carbocycles. The first kappa shape index (κ1) is 17.9. The number of benzene rings is 2. The van der Waals surface area contributed by atoms with E-state index in [9.17, 15) is 9.18 Å². The van der Waals surface area contributed by atoms with Crippen molar-refractivity contribution in [1.82, 2.24) is 15.2 Å². The lowest BCUT2D eigenvalue weighted by atomic mass is 10.1.